The summed E-state index contributed by atoms with van der Waals surface area (Å²) < 4.78 is 0. The molecule has 3 aromatic rings. The number of halogens is 2. The lowest BCUT2D eigenvalue weighted by Gasteiger charge is -1.88. The molecule has 3 nitrogen and oxygen atoms in total. The van der Waals surface area contributed by atoms with Gasteiger partial charge < -0.3 is 10.7 Å². The van der Waals surface area contributed by atoms with E-state index >= 15 is 0 Å². The Labute approximate surface area is 146 Å². The fourth-order valence-corrected chi connectivity index (χ4v) is 2.57. The molecule has 0 aliphatic heterocycles. The number of hydrogen-bond donors (Lipinski definition) is 2. The molecule has 1 aliphatic rings. The van der Waals surface area contributed by atoms with E-state index in [0.29, 0.717) is 16.0 Å². The van der Waals surface area contributed by atoms with Crippen molar-refractivity contribution in [2.24, 2.45) is 0 Å². The molecular formula is C18H21Cl2N3. The number of anilines is 1. The Bertz CT molecular complexity index is 659. The summed E-state index contributed by atoms with van der Waals surface area (Å²) in [5.74, 6) is 0.473. The summed E-state index contributed by atoms with van der Waals surface area (Å²) in [6.45, 7) is 0. The van der Waals surface area contributed by atoms with Crippen LogP contribution in [0.25, 0.3) is 11.0 Å². The van der Waals surface area contributed by atoms with Crippen LogP contribution in [-0.4, -0.2) is 9.97 Å². The molecule has 0 unspecified atom stereocenters. The molecule has 0 saturated heterocycles. The molecule has 1 aromatic heterocycles. The summed E-state index contributed by atoms with van der Waals surface area (Å²) in [4.78, 5) is 6.96. The minimum Gasteiger partial charge on any atom is -0.369 e. The molecule has 1 fully saturated rings. The minimum absolute atomic E-state index is 0.473. The number of benzene rings is 2. The van der Waals surface area contributed by atoms with Gasteiger partial charge in [-0.15, -0.1) is 0 Å². The highest BCUT2D eigenvalue weighted by Crippen LogP contribution is 2.19. The maximum atomic E-state index is 5.58. The van der Waals surface area contributed by atoms with Gasteiger partial charge in [0.1, 0.15) is 0 Å². The zero-order valence-corrected chi connectivity index (χ0v) is 14.4. The second kappa shape index (κ2) is 9.43. The van der Waals surface area contributed by atoms with Crippen LogP contribution in [0.4, 0.5) is 5.95 Å². The predicted octanol–water partition coefficient (Wildman–Crippen LogP) is 6.09. The van der Waals surface area contributed by atoms with Gasteiger partial charge in [0.05, 0.1) is 21.1 Å². The predicted molar refractivity (Wildman–Crippen MR) is 100 cm³/mol. The van der Waals surface area contributed by atoms with Crippen LogP contribution in [-0.2, 0) is 0 Å². The first kappa shape index (κ1) is 17.6. The standard InChI is InChI=1S/C7H7N3.C6H4Cl2.C5H10/c8-7-9-5-3-1-2-4-6(5)10-7;7-5-3-1-2-4-6(5)8;1-2-4-5-3-1/h1-4H,(H3,8,9,10);1-4H;1-5H2. The van der Waals surface area contributed by atoms with Crippen LogP contribution in [0.15, 0.2) is 48.5 Å². The highest BCUT2D eigenvalue weighted by molar-refractivity contribution is 6.41. The number of nitrogens with two attached hydrogens (primary N) is 1. The number of hydrogen-bond acceptors (Lipinski definition) is 2. The van der Waals surface area contributed by atoms with Crippen LogP contribution < -0.4 is 5.73 Å². The van der Waals surface area contributed by atoms with Crippen LogP contribution in [0, 0.1) is 0 Å². The van der Waals surface area contributed by atoms with E-state index in [9.17, 15) is 0 Å². The summed E-state index contributed by atoms with van der Waals surface area (Å²) in [7, 11) is 0. The molecule has 23 heavy (non-hydrogen) atoms. The number of fused-ring (bicyclic) bond motifs is 1. The molecule has 1 heterocycles. The van der Waals surface area contributed by atoms with Crippen molar-refractivity contribution in [3.8, 4) is 0 Å². The van der Waals surface area contributed by atoms with E-state index < -0.39 is 0 Å². The second-order valence-electron chi connectivity index (χ2n) is 5.32. The summed E-state index contributed by atoms with van der Waals surface area (Å²) in [6, 6.07) is 14.9. The smallest absolute Gasteiger partial charge is 0.198 e. The van der Waals surface area contributed by atoms with E-state index in [1.165, 1.54) is 32.1 Å². The average Bonchev–Trinajstić information content (AvgIpc) is 3.22. The Morgan fingerprint density at radius 2 is 1.26 bits per heavy atom. The van der Waals surface area contributed by atoms with Crippen molar-refractivity contribution in [3.63, 3.8) is 0 Å². The van der Waals surface area contributed by atoms with E-state index in [2.05, 4.69) is 9.97 Å². The Kier molecular flexibility index (Phi) is 7.24. The first-order valence-electron chi connectivity index (χ1n) is 7.77. The third kappa shape index (κ3) is 6.12. The number of nitrogens with one attached hydrogen (secondary N) is 1. The Morgan fingerprint density at radius 1 is 0.783 bits per heavy atom. The van der Waals surface area contributed by atoms with Gasteiger partial charge >= 0.3 is 0 Å². The maximum absolute atomic E-state index is 5.58. The quantitative estimate of drug-likeness (QED) is 0.515. The number of aromatic nitrogens is 2. The van der Waals surface area contributed by atoms with Crippen molar-refractivity contribution in [2.45, 2.75) is 32.1 Å². The summed E-state index contributed by atoms with van der Waals surface area (Å²) in [5.41, 5.74) is 7.33. The lowest BCUT2D eigenvalue weighted by Crippen LogP contribution is -1.84. The number of nitrogens with zero attached hydrogens (tertiary/aromatic N) is 1. The normalized spacial score (nSPS) is 13.0. The molecule has 0 spiro atoms. The molecule has 1 saturated carbocycles. The molecule has 0 amide bonds. The van der Waals surface area contributed by atoms with Crippen molar-refractivity contribution >= 4 is 40.2 Å². The monoisotopic (exact) mass is 349 g/mol. The molecule has 0 radical (unpaired) electrons. The van der Waals surface area contributed by atoms with Crippen LogP contribution in [0.5, 0.6) is 0 Å². The van der Waals surface area contributed by atoms with E-state index in [4.69, 9.17) is 28.9 Å². The number of aromatic amines is 1. The zero-order chi connectivity index (χ0) is 16.5. The number of H-pyrrole nitrogens is 1. The van der Waals surface area contributed by atoms with Gasteiger partial charge in [0.2, 0.25) is 0 Å². The van der Waals surface area contributed by atoms with Gasteiger partial charge in [-0.25, -0.2) is 4.98 Å². The Balaban J connectivity index is 0.000000133. The second-order valence-corrected chi connectivity index (χ2v) is 6.14. The van der Waals surface area contributed by atoms with Crippen LogP contribution in [0.2, 0.25) is 10.0 Å². The van der Waals surface area contributed by atoms with Crippen molar-refractivity contribution < 1.29 is 0 Å². The third-order valence-corrected chi connectivity index (χ3v) is 4.24. The van der Waals surface area contributed by atoms with Gasteiger partial charge in [-0.05, 0) is 24.3 Å². The lowest BCUT2D eigenvalue weighted by molar-refractivity contribution is 0.886. The van der Waals surface area contributed by atoms with Gasteiger partial charge in [-0.3, -0.25) is 0 Å². The highest BCUT2D eigenvalue weighted by atomic mass is 35.5. The number of nitrogen functional groups attached to an aromatic ring is 1. The summed E-state index contributed by atoms with van der Waals surface area (Å²) in [6.07, 6.45) is 7.50. The third-order valence-electron chi connectivity index (χ3n) is 3.48. The van der Waals surface area contributed by atoms with Crippen LogP contribution in [0.1, 0.15) is 32.1 Å². The molecule has 3 N–H and O–H groups in total. The SMILES string of the molecule is C1CCCC1.Clc1ccccc1Cl.Nc1nc2ccccc2[nH]1. The summed E-state index contributed by atoms with van der Waals surface area (Å²) >= 11 is 11.2. The fraction of sp³-hybridized carbons (Fsp3) is 0.278. The van der Waals surface area contributed by atoms with Crippen molar-refractivity contribution in [1.82, 2.24) is 9.97 Å². The molecule has 122 valence electrons. The molecule has 0 bridgehead atoms. The lowest BCUT2D eigenvalue weighted by atomic mass is 10.3. The number of rotatable bonds is 0. The van der Waals surface area contributed by atoms with Crippen LogP contribution in [0.3, 0.4) is 0 Å². The number of imidazole rings is 1. The molecular weight excluding hydrogens is 329 g/mol. The van der Waals surface area contributed by atoms with E-state index in [1.54, 1.807) is 12.1 Å². The van der Waals surface area contributed by atoms with Gasteiger partial charge in [-0.1, -0.05) is 79.6 Å². The molecule has 0 atom stereocenters. The van der Waals surface area contributed by atoms with E-state index in [1.807, 2.05) is 36.4 Å². The van der Waals surface area contributed by atoms with Crippen molar-refractivity contribution in [1.29, 1.82) is 0 Å². The van der Waals surface area contributed by atoms with Gasteiger partial charge in [0, 0.05) is 0 Å². The maximum Gasteiger partial charge on any atom is 0.198 e. The molecule has 2 aromatic carbocycles. The van der Waals surface area contributed by atoms with Gasteiger partial charge in [-0.2, -0.15) is 0 Å². The average molecular weight is 350 g/mol. The van der Waals surface area contributed by atoms with Crippen LogP contribution >= 0.6 is 23.2 Å². The Hall–Kier alpha value is -1.71. The first-order valence-corrected chi connectivity index (χ1v) is 8.52. The van der Waals surface area contributed by atoms with Gasteiger partial charge in [0.15, 0.2) is 5.95 Å². The van der Waals surface area contributed by atoms with Crippen molar-refractivity contribution in [2.75, 3.05) is 5.73 Å². The zero-order valence-electron chi connectivity index (χ0n) is 12.9. The highest BCUT2D eigenvalue weighted by Gasteiger charge is 1.95. The molecule has 5 heteroatoms. The number of para-hydroxylation sites is 2. The fourth-order valence-electron chi connectivity index (χ4n) is 2.30. The van der Waals surface area contributed by atoms with E-state index in [0.717, 1.165) is 11.0 Å². The van der Waals surface area contributed by atoms with Crippen molar-refractivity contribution in [3.05, 3.63) is 58.6 Å². The largest absolute Gasteiger partial charge is 0.369 e. The topological polar surface area (TPSA) is 54.7 Å². The minimum atomic E-state index is 0.473. The summed E-state index contributed by atoms with van der Waals surface area (Å²) in [5, 5.41) is 1.21. The van der Waals surface area contributed by atoms with Gasteiger partial charge in [0.25, 0.3) is 0 Å². The Morgan fingerprint density at radius 3 is 1.74 bits per heavy atom. The molecule has 4 rings (SSSR count). The molecule has 1 aliphatic carbocycles. The first-order chi connectivity index (χ1) is 11.2. The van der Waals surface area contributed by atoms with E-state index in [-0.39, 0.29) is 0 Å².